The van der Waals surface area contributed by atoms with E-state index in [1.807, 2.05) is 12.1 Å². The summed E-state index contributed by atoms with van der Waals surface area (Å²) in [6.07, 6.45) is 6.66. The van der Waals surface area contributed by atoms with Crippen LogP contribution in [0.1, 0.15) is 63.0 Å². The Kier molecular flexibility index (Phi) is 4.24. The molecule has 1 aromatic rings. The highest BCUT2D eigenvalue weighted by molar-refractivity contribution is 9.09. The molecule has 3 heteroatoms. The molecule has 0 bridgehead atoms. The predicted molar refractivity (Wildman–Crippen MR) is 101 cm³/mol. The fourth-order valence-corrected chi connectivity index (χ4v) is 6.79. The van der Waals surface area contributed by atoms with Crippen LogP contribution in [0.5, 0.6) is 5.75 Å². The molecular formula is C21H29BrO2. The van der Waals surface area contributed by atoms with Gasteiger partial charge in [-0.1, -0.05) is 35.8 Å². The Hall–Kier alpha value is -0.540. The van der Waals surface area contributed by atoms with E-state index in [2.05, 4.69) is 35.8 Å². The first kappa shape index (κ1) is 16.9. The molecule has 2 fully saturated rings. The maximum absolute atomic E-state index is 11.1. The number of hydrogen-bond donors (Lipinski definition) is 2. The lowest BCUT2D eigenvalue weighted by atomic mass is 9.55. The van der Waals surface area contributed by atoms with Crippen molar-refractivity contribution in [1.29, 1.82) is 0 Å². The van der Waals surface area contributed by atoms with Gasteiger partial charge in [0.1, 0.15) is 5.75 Å². The molecule has 0 spiro atoms. The lowest BCUT2D eigenvalue weighted by molar-refractivity contribution is -0.0326. The Balaban J connectivity index is 1.66. The fraction of sp³-hybridized carbons (Fsp3) is 0.714. The SMILES string of the molecule is CCC(Br)[C@@H]1CC2C3CCc4cc(O)ccc4C3CC[C@]2(C)[C@H]1O. The minimum atomic E-state index is -0.172. The van der Waals surface area contributed by atoms with Gasteiger partial charge in [-0.3, -0.25) is 0 Å². The zero-order valence-electron chi connectivity index (χ0n) is 14.7. The Bertz CT molecular complexity index is 630. The van der Waals surface area contributed by atoms with E-state index < -0.39 is 0 Å². The van der Waals surface area contributed by atoms with Gasteiger partial charge >= 0.3 is 0 Å². The molecule has 3 aliphatic rings. The third kappa shape index (κ3) is 2.38. The largest absolute Gasteiger partial charge is 0.508 e. The van der Waals surface area contributed by atoms with E-state index in [1.165, 1.54) is 24.0 Å². The highest BCUT2D eigenvalue weighted by Crippen LogP contribution is 2.63. The summed E-state index contributed by atoms with van der Waals surface area (Å²) in [6, 6.07) is 5.98. The summed E-state index contributed by atoms with van der Waals surface area (Å²) in [5.41, 5.74) is 2.90. The average Bonchev–Trinajstić information content (AvgIpc) is 2.85. The average molecular weight is 393 g/mol. The number of benzene rings is 1. The minimum absolute atomic E-state index is 0.0848. The third-order valence-electron chi connectivity index (χ3n) is 7.61. The number of hydrogen-bond acceptors (Lipinski definition) is 2. The molecule has 2 nitrogen and oxygen atoms in total. The topological polar surface area (TPSA) is 40.5 Å². The van der Waals surface area contributed by atoms with Crippen molar-refractivity contribution < 1.29 is 10.2 Å². The molecule has 0 radical (unpaired) electrons. The Morgan fingerprint density at radius 1 is 1.33 bits per heavy atom. The summed E-state index contributed by atoms with van der Waals surface area (Å²) in [6.45, 7) is 4.56. The van der Waals surface area contributed by atoms with Crippen LogP contribution in [-0.4, -0.2) is 21.1 Å². The van der Waals surface area contributed by atoms with Crippen molar-refractivity contribution in [2.45, 2.75) is 69.2 Å². The summed E-state index contributed by atoms with van der Waals surface area (Å²) in [7, 11) is 0. The molecular weight excluding hydrogens is 364 g/mol. The van der Waals surface area contributed by atoms with Crippen LogP contribution in [0, 0.1) is 23.2 Å². The maximum atomic E-state index is 11.1. The van der Waals surface area contributed by atoms with Gasteiger partial charge in [0.25, 0.3) is 0 Å². The molecule has 0 saturated heterocycles. The quantitative estimate of drug-likeness (QED) is 0.694. The first-order valence-corrected chi connectivity index (χ1v) is 10.5. The van der Waals surface area contributed by atoms with Crippen molar-refractivity contribution in [2.75, 3.05) is 0 Å². The van der Waals surface area contributed by atoms with Crippen LogP contribution < -0.4 is 0 Å². The molecule has 1 aromatic carbocycles. The molecule has 4 unspecified atom stereocenters. The van der Waals surface area contributed by atoms with E-state index in [4.69, 9.17) is 0 Å². The van der Waals surface area contributed by atoms with Crippen molar-refractivity contribution >= 4 is 15.9 Å². The second-order valence-corrected chi connectivity index (χ2v) is 9.79. The first-order valence-electron chi connectivity index (χ1n) is 9.59. The van der Waals surface area contributed by atoms with Crippen LogP contribution in [0.25, 0.3) is 0 Å². The van der Waals surface area contributed by atoms with Crippen LogP contribution in [0.3, 0.4) is 0 Å². The van der Waals surface area contributed by atoms with Gasteiger partial charge in [-0.15, -0.1) is 0 Å². The maximum Gasteiger partial charge on any atom is 0.115 e. The molecule has 3 aliphatic carbocycles. The molecule has 24 heavy (non-hydrogen) atoms. The molecule has 2 saturated carbocycles. The Morgan fingerprint density at radius 3 is 2.88 bits per heavy atom. The third-order valence-corrected chi connectivity index (χ3v) is 8.94. The van der Waals surface area contributed by atoms with Gasteiger partial charge in [0, 0.05) is 4.83 Å². The smallest absolute Gasteiger partial charge is 0.115 e. The van der Waals surface area contributed by atoms with Crippen molar-refractivity contribution in [1.82, 2.24) is 0 Å². The van der Waals surface area contributed by atoms with Crippen LogP contribution >= 0.6 is 15.9 Å². The summed E-state index contributed by atoms with van der Waals surface area (Å²) in [4.78, 5) is 0.432. The summed E-state index contributed by atoms with van der Waals surface area (Å²) >= 11 is 3.84. The van der Waals surface area contributed by atoms with Crippen molar-refractivity contribution in [2.24, 2.45) is 23.2 Å². The van der Waals surface area contributed by atoms with Gasteiger partial charge in [-0.05, 0) is 90.9 Å². The summed E-state index contributed by atoms with van der Waals surface area (Å²) < 4.78 is 0. The molecule has 7 atom stereocenters. The van der Waals surface area contributed by atoms with Gasteiger partial charge in [0.05, 0.1) is 6.10 Å². The van der Waals surface area contributed by atoms with Gasteiger partial charge in [0.15, 0.2) is 0 Å². The molecule has 132 valence electrons. The first-order chi connectivity index (χ1) is 11.5. The lowest BCUT2D eigenvalue weighted by Gasteiger charge is -2.50. The number of alkyl halides is 1. The number of aromatic hydroxyl groups is 1. The predicted octanol–water partition coefficient (Wildman–Crippen LogP) is 5.01. The van der Waals surface area contributed by atoms with Gasteiger partial charge < -0.3 is 10.2 Å². The second kappa shape index (κ2) is 6.02. The molecule has 0 amide bonds. The second-order valence-electron chi connectivity index (χ2n) is 8.61. The van der Waals surface area contributed by atoms with Crippen LogP contribution in [0.15, 0.2) is 18.2 Å². The number of rotatable bonds is 2. The highest BCUT2D eigenvalue weighted by atomic mass is 79.9. The summed E-state index contributed by atoms with van der Waals surface area (Å²) in [5.74, 6) is 2.73. The Morgan fingerprint density at radius 2 is 2.12 bits per heavy atom. The normalized spacial score (nSPS) is 42.1. The molecule has 0 aromatic heterocycles. The van der Waals surface area contributed by atoms with Crippen molar-refractivity contribution in [3.8, 4) is 5.75 Å². The number of fused-ring (bicyclic) bond motifs is 5. The van der Waals surface area contributed by atoms with Gasteiger partial charge in [-0.2, -0.15) is 0 Å². The molecule has 4 rings (SSSR count). The zero-order chi connectivity index (χ0) is 17.1. The number of aliphatic hydroxyl groups is 1. The highest BCUT2D eigenvalue weighted by Gasteiger charge is 2.58. The van der Waals surface area contributed by atoms with E-state index in [0.717, 1.165) is 25.7 Å². The molecule has 2 N–H and O–H groups in total. The standard InChI is InChI=1S/C21H29BrO2/c1-3-19(22)17-11-18-16-6-4-12-10-13(23)5-7-14(12)15(16)8-9-21(18,2)20(17)24/h5,7,10,15-20,23-24H,3-4,6,8-9,11H2,1-2H3/t15?,16?,17-,18?,19?,20-,21-/m0/s1. The molecule has 0 aliphatic heterocycles. The van der Waals surface area contributed by atoms with Crippen LogP contribution in [0.2, 0.25) is 0 Å². The number of aryl methyl sites for hydroxylation is 1. The lowest BCUT2D eigenvalue weighted by Crippen LogP contribution is -2.44. The van der Waals surface area contributed by atoms with Crippen molar-refractivity contribution in [3.63, 3.8) is 0 Å². The van der Waals surface area contributed by atoms with Crippen LogP contribution in [-0.2, 0) is 6.42 Å². The van der Waals surface area contributed by atoms with Gasteiger partial charge in [0.2, 0.25) is 0 Å². The number of phenolic OH excluding ortho intramolecular Hbond substituents is 1. The van der Waals surface area contributed by atoms with Gasteiger partial charge in [-0.25, -0.2) is 0 Å². The van der Waals surface area contributed by atoms with Crippen LogP contribution in [0.4, 0.5) is 0 Å². The molecule has 0 heterocycles. The number of halogens is 1. The number of phenols is 1. The number of aliphatic hydroxyl groups excluding tert-OH is 1. The van der Waals surface area contributed by atoms with E-state index >= 15 is 0 Å². The zero-order valence-corrected chi connectivity index (χ0v) is 16.3. The fourth-order valence-electron chi connectivity index (χ4n) is 6.29. The van der Waals surface area contributed by atoms with E-state index in [9.17, 15) is 10.2 Å². The van der Waals surface area contributed by atoms with Crippen molar-refractivity contribution in [3.05, 3.63) is 29.3 Å². The van der Waals surface area contributed by atoms with E-state index in [1.54, 1.807) is 0 Å². The summed E-state index contributed by atoms with van der Waals surface area (Å²) in [5, 5.41) is 20.9. The minimum Gasteiger partial charge on any atom is -0.508 e. The Labute approximate surface area is 153 Å². The van der Waals surface area contributed by atoms with E-state index in [-0.39, 0.29) is 11.5 Å². The monoisotopic (exact) mass is 392 g/mol. The van der Waals surface area contributed by atoms with E-state index in [0.29, 0.717) is 34.2 Å².